The number of H-pyrrole nitrogens is 1. The van der Waals surface area contributed by atoms with Crippen molar-refractivity contribution >= 4 is 17.2 Å². The largest absolute Gasteiger partial charge is 0.361 e. The minimum absolute atomic E-state index is 0.490. The molecule has 1 N–H and O–H groups in total. The van der Waals surface area contributed by atoms with Gasteiger partial charge in [0.1, 0.15) is 6.29 Å². The fraction of sp³-hybridized carbons (Fsp3) is 0.182. The maximum atomic E-state index is 10.4. The van der Waals surface area contributed by atoms with Crippen molar-refractivity contribution in [1.29, 1.82) is 0 Å². The quantitative estimate of drug-likeness (QED) is 0.694. The van der Waals surface area contributed by atoms with E-state index in [2.05, 4.69) is 18.0 Å². The van der Waals surface area contributed by atoms with E-state index < -0.39 is 0 Å². The second kappa shape index (κ2) is 3.05. The summed E-state index contributed by atoms with van der Waals surface area (Å²) in [5.74, 6) is 0. The Hall–Kier alpha value is -1.57. The predicted octanol–water partition coefficient (Wildman–Crippen LogP) is 2.22. The molecule has 0 aliphatic carbocycles. The molecule has 0 saturated heterocycles. The molecule has 0 amide bonds. The third-order valence-electron chi connectivity index (χ3n) is 2.31. The van der Waals surface area contributed by atoms with Gasteiger partial charge in [-0.25, -0.2) is 0 Å². The molecule has 66 valence electrons. The Labute approximate surface area is 76.6 Å². The van der Waals surface area contributed by atoms with Gasteiger partial charge >= 0.3 is 0 Å². The van der Waals surface area contributed by atoms with Crippen LogP contribution in [0.1, 0.15) is 11.1 Å². The van der Waals surface area contributed by atoms with E-state index in [0.717, 1.165) is 22.8 Å². The number of fused-ring (bicyclic) bond motifs is 1. The summed E-state index contributed by atoms with van der Waals surface area (Å²) >= 11 is 0. The second-order valence-corrected chi connectivity index (χ2v) is 3.18. The van der Waals surface area contributed by atoms with Crippen LogP contribution < -0.4 is 0 Å². The van der Waals surface area contributed by atoms with Crippen LogP contribution in [0.5, 0.6) is 0 Å². The molecule has 2 rings (SSSR count). The molecule has 0 fully saturated rings. The topological polar surface area (TPSA) is 32.9 Å². The van der Waals surface area contributed by atoms with E-state index in [4.69, 9.17) is 0 Å². The summed E-state index contributed by atoms with van der Waals surface area (Å²) in [7, 11) is 0. The van der Waals surface area contributed by atoms with Gasteiger partial charge in [-0.3, -0.25) is 0 Å². The maximum absolute atomic E-state index is 10.4. The number of hydrogen-bond donors (Lipinski definition) is 1. The number of para-hydroxylation sites is 1. The predicted molar refractivity (Wildman–Crippen MR) is 52.8 cm³/mol. The minimum atomic E-state index is 0.490. The number of carbonyl (C=O) groups is 1. The molecule has 0 spiro atoms. The number of nitrogens with one attached hydrogen (secondary N) is 1. The molecule has 2 heteroatoms. The van der Waals surface area contributed by atoms with Crippen LogP contribution in [0.4, 0.5) is 0 Å². The van der Waals surface area contributed by atoms with Crippen LogP contribution in [0.25, 0.3) is 10.9 Å². The van der Waals surface area contributed by atoms with Gasteiger partial charge in [-0.15, -0.1) is 0 Å². The Morgan fingerprint density at radius 2 is 2.31 bits per heavy atom. The average Bonchev–Trinajstić information content (AvgIpc) is 2.51. The average molecular weight is 173 g/mol. The molecular weight excluding hydrogens is 162 g/mol. The zero-order valence-corrected chi connectivity index (χ0v) is 7.50. The molecular formula is C11H11NO. The first kappa shape index (κ1) is 8.05. The van der Waals surface area contributed by atoms with Crippen LogP contribution in [0.2, 0.25) is 0 Å². The molecule has 0 radical (unpaired) electrons. The lowest BCUT2D eigenvalue weighted by Crippen LogP contribution is -1.82. The van der Waals surface area contributed by atoms with Crippen LogP contribution >= 0.6 is 0 Å². The highest BCUT2D eigenvalue weighted by Crippen LogP contribution is 2.20. The Bertz CT molecular complexity index is 442. The molecule has 0 bridgehead atoms. The first-order valence-corrected chi connectivity index (χ1v) is 4.32. The number of aryl methyl sites for hydroxylation is 1. The SMILES string of the molecule is Cc1cccc2c(CC=O)c[nH]c12. The molecule has 1 aromatic heterocycles. The Balaban J connectivity index is 2.67. The van der Waals surface area contributed by atoms with E-state index in [1.807, 2.05) is 18.3 Å². The lowest BCUT2D eigenvalue weighted by Gasteiger charge is -1.95. The zero-order valence-electron chi connectivity index (χ0n) is 7.50. The van der Waals surface area contributed by atoms with E-state index in [0.29, 0.717) is 6.42 Å². The van der Waals surface area contributed by atoms with Crippen LogP contribution in [0, 0.1) is 6.92 Å². The summed E-state index contributed by atoms with van der Waals surface area (Å²) in [4.78, 5) is 13.6. The van der Waals surface area contributed by atoms with Gasteiger partial charge < -0.3 is 9.78 Å². The van der Waals surface area contributed by atoms with Crippen molar-refractivity contribution in [1.82, 2.24) is 4.98 Å². The van der Waals surface area contributed by atoms with Gasteiger partial charge in [0.2, 0.25) is 0 Å². The van der Waals surface area contributed by atoms with Crippen molar-refractivity contribution in [3.63, 3.8) is 0 Å². The van der Waals surface area contributed by atoms with Gasteiger partial charge in [-0.2, -0.15) is 0 Å². The molecule has 0 aliphatic heterocycles. The lowest BCUT2D eigenvalue weighted by molar-refractivity contribution is -0.107. The highest BCUT2D eigenvalue weighted by atomic mass is 16.1. The maximum Gasteiger partial charge on any atom is 0.124 e. The summed E-state index contributed by atoms with van der Waals surface area (Å²) in [5, 5.41) is 1.16. The standard InChI is InChI=1S/C11H11NO/c1-8-3-2-4-10-9(5-6-13)7-12-11(8)10/h2-4,6-7,12H,5H2,1H3. The first-order chi connectivity index (χ1) is 6.33. The van der Waals surface area contributed by atoms with Crippen LogP contribution in [0.15, 0.2) is 24.4 Å². The molecule has 1 heterocycles. The fourth-order valence-electron chi connectivity index (χ4n) is 1.62. The monoisotopic (exact) mass is 173 g/mol. The summed E-state index contributed by atoms with van der Waals surface area (Å²) in [6.07, 6.45) is 3.33. The van der Waals surface area contributed by atoms with Crippen molar-refractivity contribution in [2.45, 2.75) is 13.3 Å². The van der Waals surface area contributed by atoms with Crippen LogP contribution in [0.3, 0.4) is 0 Å². The molecule has 1 aromatic carbocycles. The van der Waals surface area contributed by atoms with Crippen molar-refractivity contribution in [3.05, 3.63) is 35.5 Å². The number of aromatic nitrogens is 1. The van der Waals surface area contributed by atoms with Gasteiger partial charge in [0.25, 0.3) is 0 Å². The van der Waals surface area contributed by atoms with Crippen molar-refractivity contribution < 1.29 is 4.79 Å². The third-order valence-corrected chi connectivity index (χ3v) is 2.31. The highest BCUT2D eigenvalue weighted by molar-refractivity contribution is 5.87. The normalized spacial score (nSPS) is 10.5. The summed E-state index contributed by atoms with van der Waals surface area (Å²) < 4.78 is 0. The van der Waals surface area contributed by atoms with E-state index in [9.17, 15) is 4.79 Å². The number of aromatic amines is 1. The summed E-state index contributed by atoms with van der Waals surface area (Å²) in [6, 6.07) is 6.11. The molecule has 0 unspecified atom stereocenters. The van der Waals surface area contributed by atoms with Gasteiger partial charge in [0.05, 0.1) is 0 Å². The smallest absolute Gasteiger partial charge is 0.124 e. The highest BCUT2D eigenvalue weighted by Gasteiger charge is 2.03. The number of aldehydes is 1. The molecule has 0 saturated carbocycles. The number of benzene rings is 1. The Kier molecular flexibility index (Phi) is 1.89. The second-order valence-electron chi connectivity index (χ2n) is 3.18. The van der Waals surface area contributed by atoms with Gasteiger partial charge in [-0.05, 0) is 18.1 Å². The zero-order chi connectivity index (χ0) is 9.26. The third kappa shape index (κ3) is 1.24. The van der Waals surface area contributed by atoms with Gasteiger partial charge in [-0.1, -0.05) is 18.2 Å². The number of hydrogen-bond acceptors (Lipinski definition) is 1. The first-order valence-electron chi connectivity index (χ1n) is 4.32. The summed E-state index contributed by atoms with van der Waals surface area (Å²) in [6.45, 7) is 2.06. The van der Waals surface area contributed by atoms with E-state index in [1.165, 1.54) is 5.56 Å². The Morgan fingerprint density at radius 1 is 1.46 bits per heavy atom. The van der Waals surface area contributed by atoms with Gasteiger partial charge in [0, 0.05) is 23.5 Å². The summed E-state index contributed by atoms with van der Waals surface area (Å²) in [5.41, 5.74) is 3.43. The van der Waals surface area contributed by atoms with E-state index in [1.54, 1.807) is 0 Å². The van der Waals surface area contributed by atoms with E-state index in [-0.39, 0.29) is 0 Å². The van der Waals surface area contributed by atoms with Crippen molar-refractivity contribution in [2.75, 3.05) is 0 Å². The molecule has 0 aliphatic rings. The lowest BCUT2D eigenvalue weighted by atomic mass is 10.1. The fourth-order valence-corrected chi connectivity index (χ4v) is 1.62. The molecule has 13 heavy (non-hydrogen) atoms. The number of rotatable bonds is 2. The Morgan fingerprint density at radius 3 is 3.08 bits per heavy atom. The minimum Gasteiger partial charge on any atom is -0.361 e. The van der Waals surface area contributed by atoms with Crippen molar-refractivity contribution in [3.8, 4) is 0 Å². The number of carbonyl (C=O) groups excluding carboxylic acids is 1. The van der Waals surface area contributed by atoms with E-state index >= 15 is 0 Å². The molecule has 2 nitrogen and oxygen atoms in total. The van der Waals surface area contributed by atoms with Crippen molar-refractivity contribution in [2.24, 2.45) is 0 Å². The van der Waals surface area contributed by atoms with Crippen LogP contribution in [-0.4, -0.2) is 11.3 Å². The molecule has 0 atom stereocenters. The molecule has 2 aromatic rings. The van der Waals surface area contributed by atoms with Crippen LogP contribution in [-0.2, 0) is 11.2 Å². The van der Waals surface area contributed by atoms with Gasteiger partial charge in [0.15, 0.2) is 0 Å².